The Kier molecular flexibility index (Phi) is 3.20. The van der Waals surface area contributed by atoms with Crippen LogP contribution < -0.4 is 10.5 Å². The molecule has 0 saturated heterocycles. The Morgan fingerprint density at radius 1 is 1.15 bits per heavy atom. The molecule has 2 aliphatic carbocycles. The van der Waals surface area contributed by atoms with E-state index in [9.17, 15) is 8.42 Å². The second-order valence-electron chi connectivity index (χ2n) is 7.21. The molecule has 2 aromatic heterocycles. The average Bonchev–Trinajstić information content (AvgIpc) is 3.09. The summed E-state index contributed by atoms with van der Waals surface area (Å²) in [6.07, 6.45) is 6.41. The van der Waals surface area contributed by atoms with E-state index in [1.54, 1.807) is 18.3 Å². The molecule has 1 fully saturated rings. The Labute approximate surface area is 151 Å². The number of rotatable bonds is 4. The normalized spacial score (nSPS) is 17.6. The highest BCUT2D eigenvalue weighted by Crippen LogP contribution is 2.57. The molecule has 0 aliphatic heterocycles. The van der Waals surface area contributed by atoms with E-state index < -0.39 is 10.0 Å². The molecule has 8 heteroatoms. The first kappa shape index (κ1) is 15.8. The molecule has 0 bridgehead atoms. The quantitative estimate of drug-likeness (QED) is 0.732. The molecule has 0 unspecified atom stereocenters. The van der Waals surface area contributed by atoms with Gasteiger partial charge in [0.25, 0.3) is 0 Å². The van der Waals surface area contributed by atoms with Crippen molar-refractivity contribution >= 4 is 21.5 Å². The van der Waals surface area contributed by atoms with E-state index in [0.29, 0.717) is 12.0 Å². The first-order chi connectivity index (χ1) is 12.5. The van der Waals surface area contributed by atoms with Crippen molar-refractivity contribution in [2.45, 2.75) is 42.5 Å². The maximum Gasteiger partial charge on any atom is 0.238 e. The van der Waals surface area contributed by atoms with Crippen molar-refractivity contribution in [3.8, 4) is 0 Å². The Bertz CT molecular complexity index is 1110. The van der Waals surface area contributed by atoms with Crippen LogP contribution >= 0.6 is 0 Å². The van der Waals surface area contributed by atoms with Crippen molar-refractivity contribution in [1.29, 1.82) is 0 Å². The first-order valence-electron chi connectivity index (χ1n) is 8.69. The molecule has 1 saturated carbocycles. The number of hydrogen-bond acceptors (Lipinski definition) is 5. The number of nitrogens with two attached hydrogens (primary N) is 1. The van der Waals surface area contributed by atoms with Crippen molar-refractivity contribution in [2.24, 2.45) is 5.14 Å². The number of anilines is 1. The Balaban J connectivity index is 1.48. The predicted octanol–water partition coefficient (Wildman–Crippen LogP) is 1.97. The molecule has 1 aromatic carbocycles. The van der Waals surface area contributed by atoms with Gasteiger partial charge < -0.3 is 5.32 Å². The van der Waals surface area contributed by atoms with Gasteiger partial charge in [-0.3, -0.25) is 0 Å². The Morgan fingerprint density at radius 3 is 2.62 bits per heavy atom. The number of fused-ring (bicyclic) bond motifs is 3. The second kappa shape index (κ2) is 5.28. The Morgan fingerprint density at radius 2 is 1.92 bits per heavy atom. The zero-order chi connectivity index (χ0) is 17.9. The van der Waals surface area contributed by atoms with Crippen molar-refractivity contribution in [1.82, 2.24) is 14.6 Å². The number of primary sulfonamides is 1. The van der Waals surface area contributed by atoms with E-state index in [4.69, 9.17) is 10.1 Å². The van der Waals surface area contributed by atoms with Crippen LogP contribution in [0.1, 0.15) is 36.1 Å². The van der Waals surface area contributed by atoms with Crippen molar-refractivity contribution in [2.75, 3.05) is 5.32 Å². The van der Waals surface area contributed by atoms with Crippen LogP contribution in [0.2, 0.25) is 0 Å². The third kappa shape index (κ3) is 2.40. The van der Waals surface area contributed by atoms with Gasteiger partial charge in [0, 0.05) is 23.6 Å². The molecule has 3 aromatic rings. The molecule has 0 amide bonds. The van der Waals surface area contributed by atoms with E-state index >= 15 is 0 Å². The maximum absolute atomic E-state index is 11.4. The minimum absolute atomic E-state index is 0.121. The maximum atomic E-state index is 11.4. The highest BCUT2D eigenvalue weighted by molar-refractivity contribution is 7.89. The topological polar surface area (TPSA) is 102 Å². The van der Waals surface area contributed by atoms with Crippen molar-refractivity contribution < 1.29 is 8.42 Å². The Hall–Kier alpha value is -2.45. The minimum atomic E-state index is -3.66. The van der Waals surface area contributed by atoms with Gasteiger partial charge in [0.1, 0.15) is 5.82 Å². The predicted molar refractivity (Wildman–Crippen MR) is 97.4 cm³/mol. The van der Waals surface area contributed by atoms with Gasteiger partial charge in [-0.15, -0.1) is 0 Å². The van der Waals surface area contributed by atoms with Gasteiger partial charge in [0.2, 0.25) is 10.0 Å². The minimum Gasteiger partial charge on any atom is -0.366 e. The highest BCUT2D eigenvalue weighted by atomic mass is 32.2. The van der Waals surface area contributed by atoms with E-state index in [0.717, 1.165) is 23.4 Å². The van der Waals surface area contributed by atoms with Crippen LogP contribution in [0, 0.1) is 0 Å². The lowest BCUT2D eigenvalue weighted by Crippen LogP contribution is -2.13. The number of sulfonamides is 1. The molecule has 7 nitrogen and oxygen atoms in total. The zero-order valence-corrected chi connectivity index (χ0v) is 15.0. The van der Waals surface area contributed by atoms with Gasteiger partial charge in [0.15, 0.2) is 5.65 Å². The number of hydrogen-bond donors (Lipinski definition) is 2. The van der Waals surface area contributed by atoms with Crippen LogP contribution in [0.3, 0.4) is 0 Å². The van der Waals surface area contributed by atoms with Gasteiger partial charge in [-0.1, -0.05) is 12.1 Å². The van der Waals surface area contributed by atoms with E-state index in [2.05, 4.69) is 10.4 Å². The molecular weight excluding hydrogens is 350 g/mol. The summed E-state index contributed by atoms with van der Waals surface area (Å²) in [6, 6.07) is 8.55. The fourth-order valence-electron chi connectivity index (χ4n) is 3.94. The van der Waals surface area contributed by atoms with Crippen LogP contribution in [0.25, 0.3) is 5.65 Å². The van der Waals surface area contributed by atoms with Crippen LogP contribution in [0.5, 0.6) is 0 Å². The van der Waals surface area contributed by atoms with Gasteiger partial charge in [-0.2, -0.15) is 9.61 Å². The average molecular weight is 369 g/mol. The van der Waals surface area contributed by atoms with Gasteiger partial charge in [0.05, 0.1) is 16.8 Å². The van der Waals surface area contributed by atoms with Gasteiger partial charge >= 0.3 is 0 Å². The third-order valence-corrected chi connectivity index (χ3v) is 6.48. The first-order valence-corrected chi connectivity index (χ1v) is 10.2. The number of nitrogens with zero attached hydrogens (tertiary/aromatic N) is 3. The summed E-state index contributed by atoms with van der Waals surface area (Å²) < 4.78 is 24.6. The lowest BCUT2D eigenvalue weighted by molar-refractivity contribution is 0.598. The van der Waals surface area contributed by atoms with E-state index in [-0.39, 0.29) is 4.90 Å². The summed E-state index contributed by atoms with van der Waals surface area (Å²) in [5, 5.41) is 13.1. The summed E-state index contributed by atoms with van der Waals surface area (Å²) >= 11 is 0. The number of nitrogens with one attached hydrogen (secondary N) is 1. The molecule has 134 valence electrons. The summed E-state index contributed by atoms with van der Waals surface area (Å²) in [4.78, 5) is 4.99. The van der Waals surface area contributed by atoms with E-state index in [1.165, 1.54) is 42.7 Å². The fourth-order valence-corrected chi connectivity index (χ4v) is 4.45. The zero-order valence-electron chi connectivity index (χ0n) is 14.1. The van der Waals surface area contributed by atoms with Crippen LogP contribution in [-0.4, -0.2) is 23.0 Å². The molecule has 0 atom stereocenters. The van der Waals surface area contributed by atoms with Crippen LogP contribution in [-0.2, 0) is 28.4 Å². The fraction of sp³-hybridized carbons (Fsp3) is 0.333. The molecular formula is C18H19N5O2S. The molecule has 0 radical (unpaired) electrons. The second-order valence-corrected chi connectivity index (χ2v) is 8.77. The monoisotopic (exact) mass is 369 g/mol. The van der Waals surface area contributed by atoms with Gasteiger partial charge in [-0.05, 0) is 43.4 Å². The molecule has 1 spiro atoms. The van der Waals surface area contributed by atoms with Crippen molar-refractivity contribution in [3.05, 3.63) is 53.3 Å². The smallest absolute Gasteiger partial charge is 0.238 e. The highest BCUT2D eigenvalue weighted by Gasteiger charge is 2.51. The molecule has 5 rings (SSSR count). The molecule has 2 heterocycles. The van der Waals surface area contributed by atoms with Crippen molar-refractivity contribution in [3.63, 3.8) is 0 Å². The van der Waals surface area contributed by atoms with Crippen LogP contribution in [0.4, 0.5) is 5.82 Å². The standard InChI is InChI=1S/C18H19N5O2S/c19-26(24,25)13-3-1-12(2-4-13)11-20-17-14-5-7-18(8-9-18)16(14)22-15-6-10-21-23(15)17/h1-4,6,10,20H,5,7-9,11H2,(H2,19,24,25). The summed E-state index contributed by atoms with van der Waals surface area (Å²) in [7, 11) is -3.66. The summed E-state index contributed by atoms with van der Waals surface area (Å²) in [6.45, 7) is 0.573. The lowest BCUT2D eigenvalue weighted by Gasteiger charge is -2.15. The summed E-state index contributed by atoms with van der Waals surface area (Å²) in [5.74, 6) is 0.995. The SMILES string of the molecule is NS(=O)(=O)c1ccc(CNc2c3c(nc4ccnn24)C2(CC3)CC2)cc1. The molecule has 26 heavy (non-hydrogen) atoms. The molecule has 2 aliphatic rings. The summed E-state index contributed by atoms with van der Waals surface area (Å²) in [5.41, 5.74) is 4.64. The molecule has 3 N–H and O–H groups in total. The third-order valence-electron chi connectivity index (χ3n) is 5.55. The van der Waals surface area contributed by atoms with Gasteiger partial charge in [-0.25, -0.2) is 18.5 Å². The largest absolute Gasteiger partial charge is 0.366 e. The van der Waals surface area contributed by atoms with Crippen LogP contribution in [0.15, 0.2) is 41.4 Å². The number of benzene rings is 1. The number of aromatic nitrogens is 3. The lowest BCUT2D eigenvalue weighted by atomic mass is 10.1. The van der Waals surface area contributed by atoms with E-state index in [1.807, 2.05) is 10.6 Å².